The van der Waals surface area contributed by atoms with Crippen LogP contribution in [0, 0.1) is 11.6 Å². The van der Waals surface area contributed by atoms with Gasteiger partial charge in [0.25, 0.3) is 0 Å². The molecule has 0 saturated carbocycles. The zero-order valence-corrected chi connectivity index (χ0v) is 15.4. The monoisotopic (exact) mass is 380 g/mol. The fourth-order valence-electron chi connectivity index (χ4n) is 3.53. The Morgan fingerprint density at radius 2 is 1.36 bits per heavy atom. The second-order valence-electron chi connectivity index (χ2n) is 7.08. The van der Waals surface area contributed by atoms with E-state index in [0.717, 1.165) is 41.0 Å². The highest BCUT2D eigenvalue weighted by molar-refractivity contribution is 5.75. The maximum atomic E-state index is 13.3. The smallest absolute Gasteiger partial charge is 0.123 e. The zero-order valence-electron chi connectivity index (χ0n) is 15.4. The van der Waals surface area contributed by atoms with Crippen molar-refractivity contribution in [1.29, 1.82) is 0 Å². The molecule has 0 unspecified atom stereocenters. The second-order valence-corrected chi connectivity index (χ2v) is 7.08. The third kappa shape index (κ3) is 4.21. The van der Waals surface area contributed by atoms with E-state index < -0.39 is 0 Å². The molecule has 3 aromatic rings. The number of halogens is 2. The first-order chi connectivity index (χ1) is 13.6. The van der Waals surface area contributed by atoms with Gasteiger partial charge in [0.1, 0.15) is 23.5 Å². The average molecular weight is 380 g/mol. The molecule has 3 N–H and O–H groups in total. The summed E-state index contributed by atoms with van der Waals surface area (Å²) in [4.78, 5) is 0. The lowest BCUT2D eigenvalue weighted by Gasteiger charge is -2.16. The van der Waals surface area contributed by atoms with Gasteiger partial charge >= 0.3 is 0 Å². The molecule has 144 valence electrons. The standard InChI is InChI=1S/C23H22F2N2O/c24-19-5-1-15(2-6-19)17-9-18(16-3-7-20(25)8-4-16)11-22(10-17)28-23-12-21(13-26)27-14-23/h1-11,21,23,27H,12-14,26H2/t21-,23-/m0/s1. The normalized spacial score (nSPS) is 19.0. The predicted octanol–water partition coefficient (Wildman–Crippen LogP) is 4.37. The molecular formula is C23H22F2N2O. The quantitative estimate of drug-likeness (QED) is 0.691. The molecule has 1 aliphatic rings. The Morgan fingerprint density at radius 3 is 1.82 bits per heavy atom. The molecule has 5 heteroatoms. The van der Waals surface area contributed by atoms with Crippen LogP contribution in [0.25, 0.3) is 22.3 Å². The predicted molar refractivity (Wildman–Crippen MR) is 107 cm³/mol. The van der Waals surface area contributed by atoms with Crippen molar-refractivity contribution in [3.05, 3.63) is 78.4 Å². The number of ether oxygens (including phenoxy) is 1. The van der Waals surface area contributed by atoms with E-state index >= 15 is 0 Å². The minimum Gasteiger partial charge on any atom is -0.489 e. The van der Waals surface area contributed by atoms with Gasteiger partial charge in [-0.15, -0.1) is 0 Å². The number of nitrogens with two attached hydrogens (primary N) is 1. The molecule has 1 aliphatic heterocycles. The van der Waals surface area contributed by atoms with Crippen molar-refractivity contribution in [3.8, 4) is 28.0 Å². The first-order valence-electron chi connectivity index (χ1n) is 9.38. The molecule has 1 heterocycles. The molecule has 3 nitrogen and oxygen atoms in total. The molecule has 0 amide bonds. The van der Waals surface area contributed by atoms with Crippen LogP contribution in [0.4, 0.5) is 8.78 Å². The van der Waals surface area contributed by atoms with Crippen LogP contribution in [0.1, 0.15) is 6.42 Å². The lowest BCUT2D eigenvalue weighted by molar-refractivity contribution is 0.220. The van der Waals surface area contributed by atoms with E-state index in [2.05, 4.69) is 5.32 Å². The topological polar surface area (TPSA) is 47.3 Å². The van der Waals surface area contributed by atoms with Crippen LogP contribution in [-0.4, -0.2) is 25.2 Å². The summed E-state index contributed by atoms with van der Waals surface area (Å²) in [5.41, 5.74) is 9.34. The number of nitrogens with one attached hydrogen (secondary N) is 1. The maximum Gasteiger partial charge on any atom is 0.123 e. The number of hydrogen-bond donors (Lipinski definition) is 2. The van der Waals surface area contributed by atoms with Gasteiger partial charge in [-0.25, -0.2) is 8.78 Å². The van der Waals surface area contributed by atoms with Crippen LogP contribution in [0.5, 0.6) is 5.75 Å². The van der Waals surface area contributed by atoms with Crippen molar-refractivity contribution in [2.45, 2.75) is 18.6 Å². The van der Waals surface area contributed by atoms with Crippen LogP contribution in [0.3, 0.4) is 0 Å². The van der Waals surface area contributed by atoms with E-state index in [0.29, 0.717) is 6.54 Å². The first kappa shape index (κ1) is 18.6. The van der Waals surface area contributed by atoms with Crippen LogP contribution in [0.15, 0.2) is 66.7 Å². The summed E-state index contributed by atoms with van der Waals surface area (Å²) in [7, 11) is 0. The van der Waals surface area contributed by atoms with Gasteiger partial charge in [0.05, 0.1) is 0 Å². The van der Waals surface area contributed by atoms with Crippen molar-refractivity contribution in [1.82, 2.24) is 5.32 Å². The van der Waals surface area contributed by atoms with E-state index in [4.69, 9.17) is 10.5 Å². The van der Waals surface area contributed by atoms with Crippen LogP contribution >= 0.6 is 0 Å². The van der Waals surface area contributed by atoms with E-state index in [9.17, 15) is 8.78 Å². The molecule has 0 radical (unpaired) electrons. The van der Waals surface area contributed by atoms with E-state index in [1.165, 1.54) is 24.3 Å². The molecular weight excluding hydrogens is 358 g/mol. The lowest BCUT2D eigenvalue weighted by atomic mass is 9.98. The molecule has 4 rings (SSSR count). The Hall–Kier alpha value is -2.76. The summed E-state index contributed by atoms with van der Waals surface area (Å²) in [6.07, 6.45) is 0.890. The molecule has 0 aromatic heterocycles. The number of rotatable bonds is 5. The Bertz CT molecular complexity index is 878. The molecule has 0 spiro atoms. The van der Waals surface area contributed by atoms with E-state index in [1.54, 1.807) is 24.3 Å². The van der Waals surface area contributed by atoms with Crippen molar-refractivity contribution in [3.63, 3.8) is 0 Å². The minimum absolute atomic E-state index is 0.0399. The molecule has 2 atom stereocenters. The SMILES string of the molecule is NC[C@@H]1C[C@H](Oc2cc(-c3ccc(F)cc3)cc(-c3ccc(F)cc3)c2)CN1. The van der Waals surface area contributed by atoms with Crippen molar-refractivity contribution < 1.29 is 13.5 Å². The van der Waals surface area contributed by atoms with Crippen molar-refractivity contribution in [2.75, 3.05) is 13.1 Å². The average Bonchev–Trinajstić information content (AvgIpc) is 3.16. The van der Waals surface area contributed by atoms with Gasteiger partial charge in [0.2, 0.25) is 0 Å². The summed E-state index contributed by atoms with van der Waals surface area (Å²) in [5, 5.41) is 3.35. The molecule has 0 bridgehead atoms. The van der Waals surface area contributed by atoms with Gasteiger partial charge in [0.15, 0.2) is 0 Å². The third-order valence-electron chi connectivity index (χ3n) is 5.03. The summed E-state index contributed by atoms with van der Waals surface area (Å²) < 4.78 is 32.9. The summed E-state index contributed by atoms with van der Waals surface area (Å²) in [6.45, 7) is 1.32. The molecule has 28 heavy (non-hydrogen) atoms. The highest BCUT2D eigenvalue weighted by Crippen LogP contribution is 2.32. The largest absolute Gasteiger partial charge is 0.489 e. The van der Waals surface area contributed by atoms with Crippen LogP contribution in [-0.2, 0) is 0 Å². The highest BCUT2D eigenvalue weighted by atomic mass is 19.1. The molecule has 1 saturated heterocycles. The minimum atomic E-state index is -0.278. The van der Waals surface area contributed by atoms with Gasteiger partial charge in [-0.3, -0.25) is 0 Å². The van der Waals surface area contributed by atoms with Crippen molar-refractivity contribution >= 4 is 0 Å². The summed E-state index contributed by atoms with van der Waals surface area (Å²) in [6, 6.07) is 18.9. The van der Waals surface area contributed by atoms with Gasteiger partial charge in [-0.2, -0.15) is 0 Å². The molecule has 1 fully saturated rings. The Balaban J connectivity index is 1.70. The molecule has 3 aromatic carbocycles. The van der Waals surface area contributed by atoms with E-state index in [1.807, 2.05) is 18.2 Å². The molecule has 0 aliphatic carbocycles. The fraction of sp³-hybridized carbons (Fsp3) is 0.217. The van der Waals surface area contributed by atoms with Gasteiger partial charge in [-0.05, 0) is 64.7 Å². The lowest BCUT2D eigenvalue weighted by Crippen LogP contribution is -2.29. The Labute approximate surface area is 163 Å². The van der Waals surface area contributed by atoms with Crippen LogP contribution < -0.4 is 15.8 Å². The Kier molecular flexibility index (Phi) is 5.37. The van der Waals surface area contributed by atoms with E-state index in [-0.39, 0.29) is 23.8 Å². The fourth-order valence-corrected chi connectivity index (χ4v) is 3.53. The van der Waals surface area contributed by atoms with Gasteiger partial charge in [0, 0.05) is 25.6 Å². The summed E-state index contributed by atoms with van der Waals surface area (Å²) in [5.74, 6) is 0.171. The second kappa shape index (κ2) is 8.09. The summed E-state index contributed by atoms with van der Waals surface area (Å²) >= 11 is 0. The maximum absolute atomic E-state index is 13.3. The van der Waals surface area contributed by atoms with Crippen LogP contribution in [0.2, 0.25) is 0 Å². The van der Waals surface area contributed by atoms with Crippen molar-refractivity contribution in [2.24, 2.45) is 5.73 Å². The van der Waals surface area contributed by atoms with Gasteiger partial charge < -0.3 is 15.8 Å². The highest BCUT2D eigenvalue weighted by Gasteiger charge is 2.24. The first-order valence-corrected chi connectivity index (χ1v) is 9.38. The van der Waals surface area contributed by atoms with Gasteiger partial charge in [-0.1, -0.05) is 24.3 Å². The third-order valence-corrected chi connectivity index (χ3v) is 5.03. The number of hydrogen-bond acceptors (Lipinski definition) is 3. The Morgan fingerprint density at radius 1 is 0.821 bits per heavy atom. The number of benzene rings is 3. The zero-order chi connectivity index (χ0) is 19.5.